The van der Waals surface area contributed by atoms with Gasteiger partial charge in [-0.3, -0.25) is 4.79 Å². The maximum absolute atomic E-state index is 13.3. The first-order valence-electron chi connectivity index (χ1n) is 9.48. The highest BCUT2D eigenvalue weighted by molar-refractivity contribution is 5.99. The molecule has 0 N–H and O–H groups in total. The summed E-state index contributed by atoms with van der Waals surface area (Å²) in [5.74, 6) is 0.639. The van der Waals surface area contributed by atoms with Crippen LogP contribution in [0.1, 0.15) is 23.2 Å². The van der Waals surface area contributed by atoms with Crippen molar-refractivity contribution in [3.05, 3.63) is 48.5 Å². The van der Waals surface area contributed by atoms with Gasteiger partial charge in [0.15, 0.2) is 0 Å². The van der Waals surface area contributed by atoms with Crippen LogP contribution in [0.15, 0.2) is 43.0 Å². The standard InChI is InChI=1S/C20H26N4O2/c25-20(18-5-1-2-6-19(18)23-10-12-26-13-11-23)24-8-3-4-17(15-24)14-22-9-7-21-16-22/h1-2,5-7,9,16-17H,3-4,8,10-15H2/t17-/m0/s1. The number of carbonyl (C=O) groups is 1. The fourth-order valence-corrected chi connectivity index (χ4v) is 4.00. The summed E-state index contributed by atoms with van der Waals surface area (Å²) in [7, 11) is 0. The Kier molecular flexibility index (Phi) is 5.20. The molecule has 0 saturated carbocycles. The van der Waals surface area contributed by atoms with Crippen LogP contribution in [-0.2, 0) is 11.3 Å². The molecule has 1 amide bonds. The normalized spacial score (nSPS) is 21.0. The van der Waals surface area contributed by atoms with Crippen LogP contribution in [0.5, 0.6) is 0 Å². The summed E-state index contributed by atoms with van der Waals surface area (Å²) in [4.78, 5) is 21.7. The molecule has 2 fully saturated rings. The Labute approximate surface area is 154 Å². The smallest absolute Gasteiger partial charge is 0.255 e. The molecule has 1 aromatic carbocycles. The second-order valence-electron chi connectivity index (χ2n) is 7.14. The Hall–Kier alpha value is -2.34. The Bertz CT molecular complexity index is 725. The summed E-state index contributed by atoms with van der Waals surface area (Å²) in [5.41, 5.74) is 1.86. The van der Waals surface area contributed by atoms with Gasteiger partial charge in [-0.2, -0.15) is 0 Å². The van der Waals surface area contributed by atoms with Crippen LogP contribution in [0.4, 0.5) is 5.69 Å². The van der Waals surface area contributed by atoms with E-state index in [0.717, 1.165) is 70.0 Å². The number of aromatic nitrogens is 2. The van der Waals surface area contributed by atoms with E-state index < -0.39 is 0 Å². The van der Waals surface area contributed by atoms with Crippen LogP contribution < -0.4 is 4.90 Å². The van der Waals surface area contributed by atoms with E-state index in [1.54, 1.807) is 0 Å². The van der Waals surface area contributed by atoms with Gasteiger partial charge in [0.25, 0.3) is 5.91 Å². The van der Waals surface area contributed by atoms with Crippen molar-refractivity contribution in [2.75, 3.05) is 44.3 Å². The second-order valence-corrected chi connectivity index (χ2v) is 7.14. The van der Waals surface area contributed by atoms with Crippen molar-refractivity contribution in [1.29, 1.82) is 0 Å². The number of likely N-dealkylation sites (tertiary alicyclic amines) is 1. The second kappa shape index (κ2) is 7.91. The predicted octanol–water partition coefficient (Wildman–Crippen LogP) is 2.27. The fraction of sp³-hybridized carbons (Fsp3) is 0.500. The maximum atomic E-state index is 13.3. The maximum Gasteiger partial charge on any atom is 0.255 e. The number of hydrogen-bond donors (Lipinski definition) is 0. The first-order valence-corrected chi connectivity index (χ1v) is 9.48. The predicted molar refractivity (Wildman–Crippen MR) is 100 cm³/mol. The molecule has 2 aromatic rings. The fourth-order valence-electron chi connectivity index (χ4n) is 4.00. The lowest BCUT2D eigenvalue weighted by molar-refractivity contribution is 0.0662. The molecule has 0 aliphatic carbocycles. The van der Waals surface area contributed by atoms with Gasteiger partial charge in [-0.1, -0.05) is 12.1 Å². The van der Waals surface area contributed by atoms with E-state index in [9.17, 15) is 4.79 Å². The molecular formula is C20H26N4O2. The van der Waals surface area contributed by atoms with Gasteiger partial charge in [-0.15, -0.1) is 0 Å². The third-order valence-electron chi connectivity index (χ3n) is 5.32. The molecule has 2 saturated heterocycles. The minimum Gasteiger partial charge on any atom is -0.378 e. The number of morpholine rings is 1. The van der Waals surface area contributed by atoms with Crippen LogP contribution in [-0.4, -0.2) is 59.8 Å². The van der Waals surface area contributed by atoms with Gasteiger partial charge in [-0.05, 0) is 30.9 Å². The Morgan fingerprint density at radius 2 is 2.04 bits per heavy atom. The van der Waals surface area contributed by atoms with Gasteiger partial charge in [0.2, 0.25) is 0 Å². The largest absolute Gasteiger partial charge is 0.378 e. The number of hydrogen-bond acceptors (Lipinski definition) is 4. The van der Waals surface area contributed by atoms with Gasteiger partial charge >= 0.3 is 0 Å². The monoisotopic (exact) mass is 354 g/mol. The highest BCUT2D eigenvalue weighted by atomic mass is 16.5. The lowest BCUT2D eigenvalue weighted by atomic mass is 9.97. The van der Waals surface area contributed by atoms with Gasteiger partial charge in [0.1, 0.15) is 0 Å². The van der Waals surface area contributed by atoms with Crippen molar-refractivity contribution >= 4 is 11.6 Å². The SMILES string of the molecule is O=C(c1ccccc1N1CCOCC1)N1CCC[C@@H](Cn2ccnc2)C1. The van der Waals surface area contributed by atoms with E-state index in [2.05, 4.69) is 20.5 Å². The molecule has 0 bridgehead atoms. The average molecular weight is 354 g/mol. The van der Waals surface area contributed by atoms with Gasteiger partial charge < -0.3 is 19.1 Å². The first-order chi connectivity index (χ1) is 12.8. The zero-order chi connectivity index (χ0) is 17.8. The van der Waals surface area contributed by atoms with E-state index in [4.69, 9.17) is 4.74 Å². The van der Waals surface area contributed by atoms with E-state index in [0.29, 0.717) is 5.92 Å². The number of para-hydroxylation sites is 1. The minimum atomic E-state index is 0.155. The third-order valence-corrected chi connectivity index (χ3v) is 5.32. The average Bonchev–Trinajstić information content (AvgIpc) is 3.21. The first kappa shape index (κ1) is 17.1. The molecule has 2 aliphatic heterocycles. The molecule has 0 spiro atoms. The molecule has 6 heteroatoms. The number of imidazole rings is 1. The van der Waals surface area contributed by atoms with Crippen molar-refractivity contribution in [3.8, 4) is 0 Å². The highest BCUT2D eigenvalue weighted by Crippen LogP contribution is 2.26. The summed E-state index contributed by atoms with van der Waals surface area (Å²) in [6.07, 6.45) is 7.88. The lowest BCUT2D eigenvalue weighted by Gasteiger charge is -2.35. The number of carbonyl (C=O) groups excluding carboxylic acids is 1. The Balaban J connectivity index is 1.48. The summed E-state index contributed by atoms with van der Waals surface area (Å²) < 4.78 is 7.57. The molecule has 138 valence electrons. The van der Waals surface area contributed by atoms with Crippen LogP contribution in [0.3, 0.4) is 0 Å². The Morgan fingerprint density at radius 3 is 2.85 bits per heavy atom. The number of amides is 1. The number of benzene rings is 1. The van der Waals surface area contributed by atoms with Crippen LogP contribution in [0, 0.1) is 5.92 Å². The molecule has 0 radical (unpaired) electrons. The summed E-state index contributed by atoms with van der Waals surface area (Å²) in [6.45, 7) is 5.71. The van der Waals surface area contributed by atoms with Gasteiger partial charge in [-0.25, -0.2) is 4.98 Å². The minimum absolute atomic E-state index is 0.155. The number of nitrogens with zero attached hydrogens (tertiary/aromatic N) is 4. The number of rotatable bonds is 4. The quantitative estimate of drug-likeness (QED) is 0.845. The number of piperidine rings is 1. The van der Waals surface area contributed by atoms with Crippen molar-refractivity contribution in [3.63, 3.8) is 0 Å². The highest BCUT2D eigenvalue weighted by Gasteiger charge is 2.27. The van der Waals surface area contributed by atoms with E-state index in [-0.39, 0.29) is 5.91 Å². The summed E-state index contributed by atoms with van der Waals surface area (Å²) >= 11 is 0. The van der Waals surface area contributed by atoms with Crippen molar-refractivity contribution in [2.45, 2.75) is 19.4 Å². The van der Waals surface area contributed by atoms with E-state index >= 15 is 0 Å². The molecule has 1 aromatic heterocycles. The van der Waals surface area contributed by atoms with E-state index in [1.165, 1.54) is 0 Å². The van der Waals surface area contributed by atoms with E-state index in [1.807, 2.05) is 41.8 Å². The number of anilines is 1. The molecule has 6 nitrogen and oxygen atoms in total. The zero-order valence-corrected chi connectivity index (χ0v) is 15.1. The van der Waals surface area contributed by atoms with Crippen LogP contribution in [0.25, 0.3) is 0 Å². The third kappa shape index (κ3) is 3.75. The zero-order valence-electron chi connectivity index (χ0n) is 15.1. The van der Waals surface area contributed by atoms with Crippen molar-refractivity contribution in [2.24, 2.45) is 5.92 Å². The molecule has 0 unspecified atom stereocenters. The summed E-state index contributed by atoms with van der Waals surface area (Å²) in [6, 6.07) is 8.00. The van der Waals surface area contributed by atoms with Crippen LogP contribution >= 0.6 is 0 Å². The van der Waals surface area contributed by atoms with Crippen LogP contribution in [0.2, 0.25) is 0 Å². The molecule has 2 aliphatic rings. The van der Waals surface area contributed by atoms with Gasteiger partial charge in [0.05, 0.1) is 25.1 Å². The molecular weight excluding hydrogens is 328 g/mol. The lowest BCUT2D eigenvalue weighted by Crippen LogP contribution is -2.42. The molecule has 3 heterocycles. The van der Waals surface area contributed by atoms with Gasteiger partial charge in [0, 0.05) is 50.8 Å². The number of ether oxygens (including phenoxy) is 1. The topological polar surface area (TPSA) is 50.6 Å². The molecule has 4 rings (SSSR count). The Morgan fingerprint density at radius 1 is 1.19 bits per heavy atom. The van der Waals surface area contributed by atoms with Crippen molar-refractivity contribution < 1.29 is 9.53 Å². The molecule has 26 heavy (non-hydrogen) atoms. The van der Waals surface area contributed by atoms with Crippen molar-refractivity contribution in [1.82, 2.24) is 14.5 Å². The summed E-state index contributed by atoms with van der Waals surface area (Å²) in [5, 5.41) is 0. The molecule has 1 atom stereocenters.